The maximum Gasteiger partial charge on any atom is 0.0123 e. The van der Waals surface area contributed by atoms with Gasteiger partial charge in [0.05, 0.1) is 0 Å². The fourth-order valence-electron chi connectivity index (χ4n) is 2.48. The average molecular weight is 226 g/mol. The van der Waals surface area contributed by atoms with Gasteiger partial charge >= 0.3 is 0 Å². The highest BCUT2D eigenvalue weighted by atomic mass is 14.3. The van der Waals surface area contributed by atoms with Crippen LogP contribution >= 0.6 is 0 Å². The van der Waals surface area contributed by atoms with Gasteiger partial charge in [-0.1, -0.05) is 61.4 Å². The molecule has 0 aromatic heterocycles. The van der Waals surface area contributed by atoms with E-state index in [4.69, 9.17) is 0 Å². The summed E-state index contributed by atoms with van der Waals surface area (Å²) >= 11 is 0. The standard InChI is InChI=1S/C17H22/c1-4-5-8-14(3)16-10-11-17(16)15-9-6-7-13(2)12-15/h6-7,9-10,12,17H,3-5,8,11H2,1-2H3. The number of allylic oxidation sites excluding steroid dienone is 3. The Bertz CT molecular complexity index is 437. The van der Waals surface area contributed by atoms with Crippen LogP contribution in [0.15, 0.2) is 48.1 Å². The van der Waals surface area contributed by atoms with Crippen molar-refractivity contribution in [2.24, 2.45) is 0 Å². The van der Waals surface area contributed by atoms with Crippen LogP contribution in [-0.2, 0) is 0 Å². The predicted octanol–water partition coefficient (Wildman–Crippen LogP) is 5.16. The third-order valence-corrected chi connectivity index (χ3v) is 3.63. The molecule has 0 bridgehead atoms. The molecule has 0 radical (unpaired) electrons. The SMILES string of the molecule is C=C(CCCC)C1=CCC1c1cccc(C)c1. The molecule has 0 amide bonds. The molecule has 2 rings (SSSR count). The molecule has 17 heavy (non-hydrogen) atoms. The third kappa shape index (κ3) is 2.69. The highest BCUT2D eigenvalue weighted by Gasteiger charge is 2.24. The fraction of sp³-hybridized carbons (Fsp3) is 0.412. The molecule has 1 aromatic carbocycles. The second-order valence-electron chi connectivity index (χ2n) is 5.07. The Morgan fingerprint density at radius 2 is 2.24 bits per heavy atom. The zero-order valence-corrected chi connectivity index (χ0v) is 11.0. The van der Waals surface area contributed by atoms with E-state index in [0.717, 1.165) is 6.42 Å². The van der Waals surface area contributed by atoms with Crippen LogP contribution in [0.25, 0.3) is 0 Å². The highest BCUT2D eigenvalue weighted by molar-refractivity contribution is 5.46. The van der Waals surface area contributed by atoms with Crippen molar-refractivity contribution < 1.29 is 0 Å². The van der Waals surface area contributed by atoms with E-state index in [0.29, 0.717) is 5.92 Å². The first-order valence-corrected chi connectivity index (χ1v) is 6.67. The van der Waals surface area contributed by atoms with Crippen molar-refractivity contribution >= 4 is 0 Å². The minimum atomic E-state index is 0.610. The minimum absolute atomic E-state index is 0.610. The molecule has 1 unspecified atom stereocenters. The zero-order chi connectivity index (χ0) is 12.3. The smallest absolute Gasteiger partial charge is 0.0123 e. The van der Waals surface area contributed by atoms with Gasteiger partial charge in [-0.2, -0.15) is 0 Å². The molecule has 0 heterocycles. The van der Waals surface area contributed by atoms with Crippen molar-refractivity contribution in [1.29, 1.82) is 0 Å². The number of benzene rings is 1. The average Bonchev–Trinajstić information content (AvgIpc) is 2.25. The Morgan fingerprint density at radius 1 is 1.41 bits per heavy atom. The topological polar surface area (TPSA) is 0 Å². The summed E-state index contributed by atoms with van der Waals surface area (Å²) in [7, 11) is 0. The van der Waals surface area contributed by atoms with Gasteiger partial charge in [0.2, 0.25) is 0 Å². The van der Waals surface area contributed by atoms with Crippen LogP contribution in [0.5, 0.6) is 0 Å². The lowest BCUT2D eigenvalue weighted by molar-refractivity contribution is 0.703. The van der Waals surface area contributed by atoms with Crippen molar-refractivity contribution in [3.63, 3.8) is 0 Å². The van der Waals surface area contributed by atoms with E-state index in [1.807, 2.05) is 0 Å². The van der Waals surface area contributed by atoms with Gasteiger partial charge in [0.15, 0.2) is 0 Å². The molecule has 0 fully saturated rings. The Kier molecular flexibility index (Phi) is 3.83. The van der Waals surface area contributed by atoms with Gasteiger partial charge in [-0.3, -0.25) is 0 Å². The molecule has 0 saturated heterocycles. The fourth-order valence-corrected chi connectivity index (χ4v) is 2.48. The van der Waals surface area contributed by atoms with Gasteiger partial charge in [-0.05, 0) is 37.3 Å². The second-order valence-corrected chi connectivity index (χ2v) is 5.07. The molecule has 0 spiro atoms. The summed E-state index contributed by atoms with van der Waals surface area (Å²) < 4.78 is 0. The van der Waals surface area contributed by atoms with E-state index in [9.17, 15) is 0 Å². The Balaban J connectivity index is 2.06. The molecule has 0 heteroatoms. The van der Waals surface area contributed by atoms with Crippen LogP contribution in [0.2, 0.25) is 0 Å². The van der Waals surface area contributed by atoms with E-state index in [2.05, 4.69) is 50.8 Å². The summed E-state index contributed by atoms with van der Waals surface area (Å²) in [6, 6.07) is 8.88. The van der Waals surface area contributed by atoms with E-state index >= 15 is 0 Å². The first-order chi connectivity index (χ1) is 8.22. The first kappa shape index (κ1) is 12.2. The van der Waals surface area contributed by atoms with Crippen LogP contribution in [0.3, 0.4) is 0 Å². The van der Waals surface area contributed by atoms with E-state index in [1.54, 1.807) is 0 Å². The number of hydrogen-bond acceptors (Lipinski definition) is 0. The third-order valence-electron chi connectivity index (χ3n) is 3.63. The maximum atomic E-state index is 4.24. The molecular weight excluding hydrogens is 204 g/mol. The Morgan fingerprint density at radius 3 is 2.82 bits per heavy atom. The molecule has 90 valence electrons. The van der Waals surface area contributed by atoms with Crippen molar-refractivity contribution in [2.45, 2.75) is 45.4 Å². The van der Waals surface area contributed by atoms with E-state index < -0.39 is 0 Å². The Hall–Kier alpha value is -1.30. The summed E-state index contributed by atoms with van der Waals surface area (Å²) in [5.41, 5.74) is 5.65. The molecule has 1 aliphatic rings. The molecule has 1 atom stereocenters. The summed E-state index contributed by atoms with van der Waals surface area (Å²) in [4.78, 5) is 0. The largest absolute Gasteiger partial charge is 0.0955 e. The lowest BCUT2D eigenvalue weighted by atomic mass is 9.75. The van der Waals surface area contributed by atoms with E-state index in [-0.39, 0.29) is 0 Å². The summed E-state index contributed by atoms with van der Waals surface area (Å²) in [6.45, 7) is 8.64. The van der Waals surface area contributed by atoms with Gasteiger partial charge in [0, 0.05) is 5.92 Å². The van der Waals surface area contributed by atoms with Crippen molar-refractivity contribution in [2.75, 3.05) is 0 Å². The minimum Gasteiger partial charge on any atom is -0.0955 e. The number of unbranched alkanes of at least 4 members (excludes halogenated alkanes) is 1. The van der Waals surface area contributed by atoms with Crippen LogP contribution in [0.4, 0.5) is 0 Å². The molecule has 0 saturated carbocycles. The highest BCUT2D eigenvalue weighted by Crippen LogP contribution is 2.41. The molecule has 1 aromatic rings. The number of hydrogen-bond donors (Lipinski definition) is 0. The summed E-state index contributed by atoms with van der Waals surface area (Å²) in [6.07, 6.45) is 7.21. The quantitative estimate of drug-likeness (QED) is 0.651. The molecule has 0 aliphatic heterocycles. The first-order valence-electron chi connectivity index (χ1n) is 6.67. The van der Waals surface area contributed by atoms with Gasteiger partial charge in [-0.25, -0.2) is 0 Å². The van der Waals surface area contributed by atoms with Crippen LogP contribution in [0, 0.1) is 6.92 Å². The van der Waals surface area contributed by atoms with Crippen LogP contribution < -0.4 is 0 Å². The van der Waals surface area contributed by atoms with Crippen molar-refractivity contribution in [3.8, 4) is 0 Å². The number of rotatable bonds is 5. The van der Waals surface area contributed by atoms with Crippen LogP contribution in [-0.4, -0.2) is 0 Å². The second kappa shape index (κ2) is 5.35. The molecule has 0 N–H and O–H groups in total. The van der Waals surface area contributed by atoms with E-state index in [1.165, 1.54) is 41.5 Å². The monoisotopic (exact) mass is 226 g/mol. The lowest BCUT2D eigenvalue weighted by Gasteiger charge is -2.29. The molecular formula is C17H22. The zero-order valence-electron chi connectivity index (χ0n) is 11.0. The summed E-state index contributed by atoms with van der Waals surface area (Å²) in [5, 5.41) is 0. The maximum absolute atomic E-state index is 4.24. The number of aryl methyl sites for hydroxylation is 1. The van der Waals surface area contributed by atoms with Gasteiger partial charge in [0.25, 0.3) is 0 Å². The molecule has 1 aliphatic carbocycles. The summed E-state index contributed by atoms with van der Waals surface area (Å²) in [5.74, 6) is 0.610. The lowest BCUT2D eigenvalue weighted by Crippen LogP contribution is -2.12. The van der Waals surface area contributed by atoms with Crippen molar-refractivity contribution in [1.82, 2.24) is 0 Å². The van der Waals surface area contributed by atoms with Gasteiger partial charge in [-0.15, -0.1) is 0 Å². The van der Waals surface area contributed by atoms with Gasteiger partial charge < -0.3 is 0 Å². The predicted molar refractivity (Wildman–Crippen MR) is 75.3 cm³/mol. The molecule has 0 nitrogen and oxygen atoms in total. The Labute approximate surface area is 105 Å². The van der Waals surface area contributed by atoms with Gasteiger partial charge in [0.1, 0.15) is 0 Å². The van der Waals surface area contributed by atoms with Crippen molar-refractivity contribution in [3.05, 3.63) is 59.2 Å². The van der Waals surface area contributed by atoms with Crippen LogP contribution in [0.1, 0.15) is 49.7 Å². The normalized spacial score (nSPS) is 18.5.